The van der Waals surface area contributed by atoms with Crippen LogP contribution in [-0.4, -0.2) is 57.0 Å². The summed E-state index contributed by atoms with van der Waals surface area (Å²) < 4.78 is 7.88. The quantitative estimate of drug-likeness (QED) is 0.730. The van der Waals surface area contributed by atoms with Crippen LogP contribution in [0.1, 0.15) is 23.3 Å². The van der Waals surface area contributed by atoms with Crippen molar-refractivity contribution in [2.45, 2.75) is 25.0 Å². The van der Waals surface area contributed by atoms with Crippen LogP contribution in [0.5, 0.6) is 0 Å². The van der Waals surface area contributed by atoms with Crippen molar-refractivity contribution in [2.24, 2.45) is 20.0 Å². The van der Waals surface area contributed by atoms with Gasteiger partial charge >= 0.3 is 5.69 Å². The Balaban J connectivity index is 1.94. The first-order valence-electron chi connectivity index (χ1n) is 7.74. The zero-order valence-electron chi connectivity index (χ0n) is 13.3. The predicted octanol–water partition coefficient (Wildman–Crippen LogP) is -1.30. The fourth-order valence-electron chi connectivity index (χ4n) is 3.54. The van der Waals surface area contributed by atoms with E-state index in [4.69, 9.17) is 4.74 Å². The van der Waals surface area contributed by atoms with Gasteiger partial charge in [0, 0.05) is 33.3 Å². The Hall–Kier alpha value is -1.93. The van der Waals surface area contributed by atoms with Crippen molar-refractivity contribution in [3.05, 3.63) is 32.6 Å². The Labute approximate surface area is 132 Å². The zero-order valence-corrected chi connectivity index (χ0v) is 13.3. The molecule has 0 bridgehead atoms. The summed E-state index contributed by atoms with van der Waals surface area (Å²) in [5.41, 5.74) is -0.933. The Morgan fingerprint density at radius 3 is 2.74 bits per heavy atom. The molecule has 8 heteroatoms. The highest BCUT2D eigenvalue weighted by Crippen LogP contribution is 2.34. The third-order valence-corrected chi connectivity index (χ3v) is 4.90. The first-order valence-corrected chi connectivity index (χ1v) is 7.74. The topological polar surface area (TPSA) is 93.8 Å². The molecule has 0 aromatic carbocycles. The van der Waals surface area contributed by atoms with E-state index in [1.807, 2.05) is 0 Å². The third-order valence-electron chi connectivity index (χ3n) is 4.90. The maximum Gasteiger partial charge on any atom is 0.331 e. The number of carbonyl (C=O) groups is 1. The van der Waals surface area contributed by atoms with Crippen molar-refractivity contribution in [3.63, 3.8) is 0 Å². The van der Waals surface area contributed by atoms with E-state index in [0.29, 0.717) is 19.6 Å². The summed E-state index contributed by atoms with van der Waals surface area (Å²) in [5.74, 6) is -0.218. The number of aliphatic hydroxyl groups is 1. The van der Waals surface area contributed by atoms with Crippen LogP contribution >= 0.6 is 0 Å². The van der Waals surface area contributed by atoms with Crippen LogP contribution in [0.4, 0.5) is 0 Å². The molecule has 2 aliphatic rings. The molecule has 8 nitrogen and oxygen atoms in total. The van der Waals surface area contributed by atoms with Gasteiger partial charge in [-0.2, -0.15) is 0 Å². The molecule has 1 aliphatic carbocycles. The molecule has 126 valence electrons. The minimum atomic E-state index is -0.523. The molecule has 0 unspecified atom stereocenters. The smallest absolute Gasteiger partial charge is 0.331 e. The number of rotatable bonds is 2. The summed E-state index contributed by atoms with van der Waals surface area (Å²) in [6.45, 7) is 0.911. The number of morpholine rings is 1. The number of ether oxygens (including phenoxy) is 1. The van der Waals surface area contributed by atoms with Crippen molar-refractivity contribution in [2.75, 3.05) is 19.8 Å². The standard InChI is InChI=1S/C15H21N3O5/c1-16-11(7-13(20)17(2)15(16)22)14(21)18-3-4-23-12-6-9(8-19)5-10(12)18/h7,9-10,12,19H,3-6,8H2,1-2H3/t9-,10+,12+/m1/s1. The van der Waals surface area contributed by atoms with Gasteiger partial charge in [-0.3, -0.25) is 18.7 Å². The van der Waals surface area contributed by atoms with Gasteiger partial charge in [-0.1, -0.05) is 0 Å². The lowest BCUT2D eigenvalue weighted by Gasteiger charge is -2.37. The number of fused-ring (bicyclic) bond motifs is 1. The van der Waals surface area contributed by atoms with Crippen LogP contribution < -0.4 is 11.2 Å². The molecule has 3 rings (SSSR count). The molecule has 1 aliphatic heterocycles. The highest BCUT2D eigenvalue weighted by Gasteiger charge is 2.43. The second-order valence-corrected chi connectivity index (χ2v) is 6.26. The molecule has 0 radical (unpaired) electrons. The SMILES string of the molecule is Cn1c(C(=O)N2CCO[C@H]3C[C@H](CO)C[C@@H]32)cc(=O)n(C)c1=O. The summed E-state index contributed by atoms with van der Waals surface area (Å²) in [7, 11) is 2.87. The number of aliphatic hydroxyl groups excluding tert-OH is 1. The second kappa shape index (κ2) is 5.93. The highest BCUT2D eigenvalue weighted by molar-refractivity contribution is 5.92. The van der Waals surface area contributed by atoms with Crippen LogP contribution in [0, 0.1) is 5.92 Å². The molecule has 1 saturated carbocycles. The molecule has 1 aromatic rings. The maximum atomic E-state index is 12.9. The largest absolute Gasteiger partial charge is 0.396 e. The van der Waals surface area contributed by atoms with Gasteiger partial charge in [0.1, 0.15) is 5.69 Å². The van der Waals surface area contributed by atoms with Gasteiger partial charge in [0.05, 0.1) is 18.8 Å². The van der Waals surface area contributed by atoms with E-state index in [1.165, 1.54) is 24.7 Å². The summed E-state index contributed by atoms with van der Waals surface area (Å²) in [5, 5.41) is 9.35. The van der Waals surface area contributed by atoms with E-state index in [1.54, 1.807) is 4.90 Å². The summed E-state index contributed by atoms with van der Waals surface area (Å²) in [6.07, 6.45) is 1.31. The molecule has 0 spiro atoms. The minimum absolute atomic E-state index is 0.0722. The lowest BCUT2D eigenvalue weighted by atomic mass is 10.1. The van der Waals surface area contributed by atoms with E-state index in [9.17, 15) is 19.5 Å². The van der Waals surface area contributed by atoms with E-state index in [0.717, 1.165) is 11.0 Å². The molecule has 2 fully saturated rings. The maximum absolute atomic E-state index is 12.9. The Morgan fingerprint density at radius 1 is 1.30 bits per heavy atom. The molecular formula is C15H21N3O5. The summed E-state index contributed by atoms with van der Waals surface area (Å²) in [6, 6.07) is 1.08. The van der Waals surface area contributed by atoms with E-state index >= 15 is 0 Å². The monoisotopic (exact) mass is 323 g/mol. The van der Waals surface area contributed by atoms with Crippen LogP contribution in [-0.2, 0) is 18.8 Å². The Morgan fingerprint density at radius 2 is 2.04 bits per heavy atom. The highest BCUT2D eigenvalue weighted by atomic mass is 16.5. The number of amides is 1. The fraction of sp³-hybridized carbons (Fsp3) is 0.667. The van der Waals surface area contributed by atoms with Crippen molar-refractivity contribution < 1.29 is 14.6 Å². The van der Waals surface area contributed by atoms with Crippen LogP contribution in [0.25, 0.3) is 0 Å². The average Bonchev–Trinajstić information content (AvgIpc) is 2.98. The first kappa shape index (κ1) is 15.9. The molecule has 1 aromatic heterocycles. The second-order valence-electron chi connectivity index (χ2n) is 6.26. The minimum Gasteiger partial charge on any atom is -0.396 e. The van der Waals surface area contributed by atoms with E-state index in [2.05, 4.69) is 0 Å². The average molecular weight is 323 g/mol. The molecule has 1 saturated heterocycles. The van der Waals surface area contributed by atoms with Crippen LogP contribution in [0.3, 0.4) is 0 Å². The molecule has 1 N–H and O–H groups in total. The Kier molecular flexibility index (Phi) is 4.11. The molecule has 23 heavy (non-hydrogen) atoms. The number of hydrogen-bond donors (Lipinski definition) is 1. The van der Waals surface area contributed by atoms with Gasteiger partial charge in [-0.25, -0.2) is 4.79 Å². The fourth-order valence-corrected chi connectivity index (χ4v) is 3.54. The molecular weight excluding hydrogens is 302 g/mol. The normalized spacial score (nSPS) is 27.1. The van der Waals surface area contributed by atoms with Gasteiger partial charge in [-0.05, 0) is 18.8 Å². The lowest BCUT2D eigenvalue weighted by Crippen LogP contribution is -2.52. The number of nitrogens with zero attached hydrogens (tertiary/aromatic N) is 3. The first-order chi connectivity index (χ1) is 10.9. The van der Waals surface area contributed by atoms with E-state index < -0.39 is 11.2 Å². The van der Waals surface area contributed by atoms with Crippen molar-refractivity contribution in [1.29, 1.82) is 0 Å². The zero-order chi connectivity index (χ0) is 16.7. The third kappa shape index (κ3) is 2.61. The molecule has 1 amide bonds. The van der Waals surface area contributed by atoms with Gasteiger partial charge in [-0.15, -0.1) is 0 Å². The molecule has 3 atom stereocenters. The number of hydrogen-bond acceptors (Lipinski definition) is 5. The predicted molar refractivity (Wildman–Crippen MR) is 81.3 cm³/mol. The summed E-state index contributed by atoms with van der Waals surface area (Å²) in [4.78, 5) is 38.4. The van der Waals surface area contributed by atoms with E-state index in [-0.39, 0.29) is 36.3 Å². The number of carbonyl (C=O) groups excluding carboxylic acids is 1. The van der Waals surface area contributed by atoms with Gasteiger partial charge in [0.25, 0.3) is 11.5 Å². The van der Waals surface area contributed by atoms with Gasteiger partial charge < -0.3 is 14.7 Å². The van der Waals surface area contributed by atoms with Gasteiger partial charge in [0.2, 0.25) is 0 Å². The van der Waals surface area contributed by atoms with Crippen molar-refractivity contribution in [1.82, 2.24) is 14.0 Å². The van der Waals surface area contributed by atoms with Gasteiger partial charge in [0.15, 0.2) is 0 Å². The van der Waals surface area contributed by atoms with Crippen LogP contribution in [0.15, 0.2) is 15.7 Å². The lowest BCUT2D eigenvalue weighted by molar-refractivity contribution is -0.0452. The van der Waals surface area contributed by atoms with Crippen molar-refractivity contribution >= 4 is 5.91 Å². The Bertz CT molecular complexity index is 738. The van der Waals surface area contributed by atoms with Crippen molar-refractivity contribution in [3.8, 4) is 0 Å². The summed E-state index contributed by atoms with van der Waals surface area (Å²) >= 11 is 0. The number of aromatic nitrogens is 2. The van der Waals surface area contributed by atoms with Crippen LogP contribution in [0.2, 0.25) is 0 Å². The molecule has 2 heterocycles.